The quantitative estimate of drug-likeness (QED) is 0.673. The van der Waals surface area contributed by atoms with E-state index in [0.717, 1.165) is 12.1 Å². The third-order valence-electron chi connectivity index (χ3n) is 5.12. The average Bonchev–Trinajstić information content (AvgIpc) is 3.11. The third-order valence-corrected chi connectivity index (χ3v) is 6.41. The molecule has 0 saturated carbocycles. The fourth-order valence-electron chi connectivity index (χ4n) is 3.32. The molecule has 1 fully saturated rings. The number of benzene rings is 2. The van der Waals surface area contributed by atoms with E-state index in [2.05, 4.69) is 10.0 Å². The number of nitrogens with zero attached hydrogens (tertiary/aromatic N) is 1. The van der Waals surface area contributed by atoms with Crippen LogP contribution >= 0.6 is 0 Å². The summed E-state index contributed by atoms with van der Waals surface area (Å²) in [6.45, 7) is 3.15. The molecule has 0 aromatic heterocycles. The van der Waals surface area contributed by atoms with Gasteiger partial charge in [-0.3, -0.25) is 14.3 Å². The molecule has 1 aliphatic rings. The molecular formula is C21H22F3N3O4S. The number of halogens is 3. The molecule has 1 saturated heterocycles. The van der Waals surface area contributed by atoms with Gasteiger partial charge < -0.3 is 10.2 Å². The van der Waals surface area contributed by atoms with Gasteiger partial charge in [-0.25, -0.2) is 8.42 Å². The van der Waals surface area contributed by atoms with E-state index in [9.17, 15) is 31.2 Å². The number of aryl methyl sites for hydroxylation is 1. The minimum atomic E-state index is -4.54. The second-order valence-electron chi connectivity index (χ2n) is 7.48. The van der Waals surface area contributed by atoms with Crippen molar-refractivity contribution in [2.45, 2.75) is 26.4 Å². The summed E-state index contributed by atoms with van der Waals surface area (Å²) < 4.78 is 64.8. The number of hydrogen-bond acceptors (Lipinski definition) is 4. The van der Waals surface area contributed by atoms with Crippen molar-refractivity contribution in [2.75, 3.05) is 27.2 Å². The van der Waals surface area contributed by atoms with Crippen LogP contribution in [-0.4, -0.2) is 32.5 Å². The molecule has 0 spiro atoms. The molecule has 172 valence electrons. The van der Waals surface area contributed by atoms with Crippen LogP contribution in [0.15, 0.2) is 42.5 Å². The van der Waals surface area contributed by atoms with Crippen molar-refractivity contribution in [1.29, 1.82) is 0 Å². The lowest BCUT2D eigenvalue weighted by atomic mass is 10.1. The molecule has 32 heavy (non-hydrogen) atoms. The van der Waals surface area contributed by atoms with Crippen LogP contribution in [0.1, 0.15) is 24.5 Å². The van der Waals surface area contributed by atoms with Crippen LogP contribution in [0, 0.1) is 12.8 Å². The summed E-state index contributed by atoms with van der Waals surface area (Å²) in [6, 6.07) is 9.06. The zero-order chi connectivity index (χ0) is 23.7. The first-order valence-corrected chi connectivity index (χ1v) is 11.4. The Bertz CT molecular complexity index is 1150. The van der Waals surface area contributed by atoms with Crippen molar-refractivity contribution in [3.8, 4) is 0 Å². The monoisotopic (exact) mass is 469 g/mol. The molecule has 7 nitrogen and oxygen atoms in total. The van der Waals surface area contributed by atoms with Gasteiger partial charge in [0.05, 0.1) is 22.9 Å². The van der Waals surface area contributed by atoms with Crippen molar-refractivity contribution < 1.29 is 31.2 Å². The number of hydrogen-bond donors (Lipinski definition) is 2. The predicted octanol–water partition coefficient (Wildman–Crippen LogP) is 3.77. The molecule has 0 aliphatic carbocycles. The summed E-state index contributed by atoms with van der Waals surface area (Å²) in [7, 11) is -3.45. The second kappa shape index (κ2) is 8.81. The van der Waals surface area contributed by atoms with Crippen molar-refractivity contribution in [1.82, 2.24) is 0 Å². The summed E-state index contributed by atoms with van der Waals surface area (Å²) in [5.74, 6) is -1.71. The van der Waals surface area contributed by atoms with Gasteiger partial charge >= 0.3 is 6.18 Å². The van der Waals surface area contributed by atoms with E-state index in [4.69, 9.17) is 0 Å². The average molecular weight is 469 g/mol. The van der Waals surface area contributed by atoms with E-state index in [1.165, 1.54) is 36.1 Å². The number of nitrogens with one attached hydrogen (secondary N) is 2. The predicted molar refractivity (Wildman–Crippen MR) is 115 cm³/mol. The van der Waals surface area contributed by atoms with E-state index in [1.54, 1.807) is 13.0 Å². The zero-order valence-corrected chi connectivity index (χ0v) is 18.2. The van der Waals surface area contributed by atoms with Gasteiger partial charge in [-0.05, 0) is 55.8 Å². The van der Waals surface area contributed by atoms with E-state index < -0.39 is 39.5 Å². The van der Waals surface area contributed by atoms with Crippen LogP contribution in [0.5, 0.6) is 0 Å². The number of carbonyl (C=O) groups excluding carboxylic acids is 2. The van der Waals surface area contributed by atoms with Crippen molar-refractivity contribution in [3.05, 3.63) is 53.6 Å². The SMILES string of the molecule is CCS(=O)(=O)Nc1ccc(NC(=O)C2CC(=O)N(c3cccc(C(F)(F)F)c3)C2)cc1C. The van der Waals surface area contributed by atoms with E-state index in [0.29, 0.717) is 16.9 Å². The Balaban J connectivity index is 1.70. The molecular weight excluding hydrogens is 447 g/mol. The minimum absolute atomic E-state index is 0.0423. The number of sulfonamides is 1. The van der Waals surface area contributed by atoms with Gasteiger partial charge in [0.25, 0.3) is 0 Å². The molecule has 1 atom stereocenters. The second-order valence-corrected chi connectivity index (χ2v) is 9.49. The maximum atomic E-state index is 13.0. The lowest BCUT2D eigenvalue weighted by molar-refractivity contribution is -0.137. The molecule has 0 bridgehead atoms. The molecule has 0 radical (unpaired) electrons. The summed E-state index contributed by atoms with van der Waals surface area (Å²) in [4.78, 5) is 26.2. The molecule has 2 amide bonds. The van der Waals surface area contributed by atoms with Crippen LogP contribution < -0.4 is 14.9 Å². The van der Waals surface area contributed by atoms with Crippen LogP contribution in [-0.2, 0) is 25.8 Å². The number of alkyl halides is 3. The fourth-order valence-corrected chi connectivity index (χ4v) is 4.03. The Morgan fingerprint density at radius 1 is 1.19 bits per heavy atom. The maximum absolute atomic E-state index is 13.0. The fraction of sp³-hybridized carbons (Fsp3) is 0.333. The van der Waals surface area contributed by atoms with Crippen molar-refractivity contribution >= 4 is 38.9 Å². The lowest BCUT2D eigenvalue weighted by Gasteiger charge is -2.18. The molecule has 11 heteroatoms. The number of amides is 2. The minimum Gasteiger partial charge on any atom is -0.326 e. The van der Waals surface area contributed by atoms with Crippen LogP contribution in [0.4, 0.5) is 30.2 Å². The highest BCUT2D eigenvalue weighted by Gasteiger charge is 2.37. The first kappa shape index (κ1) is 23.6. The van der Waals surface area contributed by atoms with E-state index >= 15 is 0 Å². The maximum Gasteiger partial charge on any atom is 0.416 e. The topological polar surface area (TPSA) is 95.6 Å². The highest BCUT2D eigenvalue weighted by molar-refractivity contribution is 7.92. The van der Waals surface area contributed by atoms with Gasteiger partial charge in [0.15, 0.2) is 0 Å². The first-order valence-electron chi connectivity index (χ1n) is 9.79. The normalized spacial score (nSPS) is 16.8. The van der Waals surface area contributed by atoms with Gasteiger partial charge in [0.2, 0.25) is 21.8 Å². The number of carbonyl (C=O) groups is 2. The Morgan fingerprint density at radius 2 is 1.91 bits per heavy atom. The van der Waals surface area contributed by atoms with Crippen molar-refractivity contribution in [2.24, 2.45) is 5.92 Å². The smallest absolute Gasteiger partial charge is 0.326 e. The first-order chi connectivity index (χ1) is 14.9. The number of rotatable bonds is 6. The summed E-state index contributed by atoms with van der Waals surface area (Å²) in [5, 5.41) is 2.68. The largest absolute Gasteiger partial charge is 0.416 e. The van der Waals surface area contributed by atoms with Crippen LogP contribution in [0.3, 0.4) is 0 Å². The summed E-state index contributed by atoms with van der Waals surface area (Å²) in [5.41, 5.74) is 0.606. The molecule has 2 aromatic carbocycles. The van der Waals surface area contributed by atoms with Gasteiger partial charge in [-0.1, -0.05) is 6.07 Å². The molecule has 2 N–H and O–H groups in total. The van der Waals surface area contributed by atoms with Crippen LogP contribution in [0.25, 0.3) is 0 Å². The highest BCUT2D eigenvalue weighted by atomic mass is 32.2. The standard InChI is InChI=1S/C21H22F3N3O4S/c1-3-32(30,31)26-18-8-7-16(9-13(18)2)25-20(29)14-10-19(28)27(12-14)17-6-4-5-15(11-17)21(22,23)24/h4-9,11,14,26H,3,10,12H2,1-2H3,(H,25,29). The van der Waals surface area contributed by atoms with Crippen LogP contribution in [0.2, 0.25) is 0 Å². The lowest BCUT2D eigenvalue weighted by Crippen LogP contribution is -2.28. The van der Waals surface area contributed by atoms with E-state index in [-0.39, 0.29) is 24.4 Å². The molecule has 1 heterocycles. The van der Waals surface area contributed by atoms with E-state index in [1.807, 2.05) is 0 Å². The molecule has 2 aromatic rings. The highest BCUT2D eigenvalue weighted by Crippen LogP contribution is 2.33. The Kier molecular flexibility index (Phi) is 6.49. The molecule has 1 aliphatic heterocycles. The molecule has 1 unspecified atom stereocenters. The van der Waals surface area contributed by atoms with Gasteiger partial charge in [-0.2, -0.15) is 13.2 Å². The Morgan fingerprint density at radius 3 is 2.53 bits per heavy atom. The van der Waals surface area contributed by atoms with Crippen molar-refractivity contribution in [3.63, 3.8) is 0 Å². The number of anilines is 3. The Hall–Kier alpha value is -3.08. The summed E-state index contributed by atoms with van der Waals surface area (Å²) >= 11 is 0. The van der Waals surface area contributed by atoms with Gasteiger partial charge in [-0.15, -0.1) is 0 Å². The Labute approximate surface area is 183 Å². The third kappa shape index (κ3) is 5.39. The van der Waals surface area contributed by atoms with Gasteiger partial charge in [0, 0.05) is 24.3 Å². The molecule has 3 rings (SSSR count). The zero-order valence-electron chi connectivity index (χ0n) is 17.4. The van der Waals surface area contributed by atoms with Gasteiger partial charge in [0.1, 0.15) is 0 Å². The summed E-state index contributed by atoms with van der Waals surface area (Å²) in [6.07, 6.45) is -4.67.